The number of carbonyl (C=O) groups is 1. The van der Waals surface area contributed by atoms with Gasteiger partial charge in [-0.05, 0) is 40.7 Å². The summed E-state index contributed by atoms with van der Waals surface area (Å²) in [5, 5.41) is 1.51. The fraction of sp³-hybridized carbons (Fsp3) is 0.0833. The topological polar surface area (TPSA) is 17.1 Å². The predicted octanol–water partition coefficient (Wildman–Crippen LogP) is 4.48. The molecule has 0 saturated carbocycles. The molecule has 0 unspecified atom stereocenters. The van der Waals surface area contributed by atoms with Gasteiger partial charge in [-0.2, -0.15) is 0 Å². The summed E-state index contributed by atoms with van der Waals surface area (Å²) in [7, 11) is 0. The summed E-state index contributed by atoms with van der Waals surface area (Å²) >= 11 is 10.5. The molecule has 0 spiro atoms. The van der Waals surface area contributed by atoms with Gasteiger partial charge in [0, 0.05) is 21.3 Å². The second kappa shape index (κ2) is 5.13. The highest BCUT2D eigenvalue weighted by atomic mass is 79.9. The lowest BCUT2D eigenvalue weighted by molar-refractivity contribution is 0.108. The lowest BCUT2D eigenvalue weighted by atomic mass is 10.1. The largest absolute Gasteiger partial charge is 0.276 e. The van der Waals surface area contributed by atoms with E-state index in [-0.39, 0.29) is 5.24 Å². The van der Waals surface area contributed by atoms with Crippen molar-refractivity contribution in [1.29, 1.82) is 0 Å². The SMILES string of the molecule is O=C(Cl)c1ccsc1Cc1cccc(Br)c1. The molecule has 16 heavy (non-hydrogen) atoms. The summed E-state index contributed by atoms with van der Waals surface area (Å²) in [5.74, 6) is 0. The minimum Gasteiger partial charge on any atom is -0.276 e. The molecule has 2 aromatic rings. The Balaban J connectivity index is 2.27. The third kappa shape index (κ3) is 2.73. The Morgan fingerprint density at radius 1 is 1.38 bits per heavy atom. The summed E-state index contributed by atoms with van der Waals surface area (Å²) < 4.78 is 1.04. The molecule has 1 nitrogen and oxygen atoms in total. The van der Waals surface area contributed by atoms with E-state index in [0.29, 0.717) is 5.56 Å². The second-order valence-electron chi connectivity index (χ2n) is 3.34. The quantitative estimate of drug-likeness (QED) is 0.763. The molecule has 0 aliphatic heterocycles. The van der Waals surface area contributed by atoms with Gasteiger partial charge in [-0.15, -0.1) is 11.3 Å². The van der Waals surface area contributed by atoms with Crippen LogP contribution >= 0.6 is 38.9 Å². The standard InChI is InChI=1S/C12H8BrClOS/c13-9-3-1-2-8(6-9)7-11-10(12(14)15)4-5-16-11/h1-6H,7H2. The molecule has 4 heteroatoms. The molecular weight excluding hydrogens is 308 g/mol. The van der Waals surface area contributed by atoms with Gasteiger partial charge < -0.3 is 0 Å². The van der Waals surface area contributed by atoms with Crippen molar-refractivity contribution in [3.63, 3.8) is 0 Å². The number of carbonyl (C=O) groups excluding carboxylic acids is 1. The first-order valence-electron chi connectivity index (χ1n) is 4.67. The van der Waals surface area contributed by atoms with Gasteiger partial charge in [-0.1, -0.05) is 28.1 Å². The zero-order chi connectivity index (χ0) is 11.5. The van der Waals surface area contributed by atoms with E-state index in [1.165, 1.54) is 0 Å². The average Bonchev–Trinajstić information content (AvgIpc) is 2.66. The summed E-state index contributed by atoms with van der Waals surface area (Å²) in [6.45, 7) is 0. The Kier molecular flexibility index (Phi) is 3.79. The molecule has 2 rings (SSSR count). The molecule has 0 aliphatic rings. The van der Waals surface area contributed by atoms with Crippen LogP contribution in [0.1, 0.15) is 20.8 Å². The first-order chi connectivity index (χ1) is 7.66. The van der Waals surface area contributed by atoms with E-state index in [1.54, 1.807) is 17.4 Å². The van der Waals surface area contributed by atoms with Crippen LogP contribution in [-0.2, 0) is 6.42 Å². The highest BCUT2D eigenvalue weighted by molar-refractivity contribution is 9.10. The first kappa shape index (κ1) is 11.8. The van der Waals surface area contributed by atoms with Crippen LogP contribution < -0.4 is 0 Å². The Hall–Kier alpha value is -0.640. The van der Waals surface area contributed by atoms with Crippen molar-refractivity contribution in [3.8, 4) is 0 Å². The smallest absolute Gasteiger partial charge is 0.253 e. The van der Waals surface area contributed by atoms with Crippen molar-refractivity contribution in [3.05, 3.63) is 56.2 Å². The predicted molar refractivity (Wildman–Crippen MR) is 71.5 cm³/mol. The van der Waals surface area contributed by atoms with E-state index in [4.69, 9.17) is 11.6 Å². The second-order valence-corrected chi connectivity index (χ2v) is 5.60. The van der Waals surface area contributed by atoms with Crippen molar-refractivity contribution < 1.29 is 4.79 Å². The van der Waals surface area contributed by atoms with Crippen LogP contribution in [0.25, 0.3) is 0 Å². The van der Waals surface area contributed by atoms with Crippen molar-refractivity contribution in [2.75, 3.05) is 0 Å². The van der Waals surface area contributed by atoms with Crippen molar-refractivity contribution in [1.82, 2.24) is 0 Å². The van der Waals surface area contributed by atoms with Crippen molar-refractivity contribution in [2.24, 2.45) is 0 Å². The van der Waals surface area contributed by atoms with E-state index in [9.17, 15) is 4.79 Å². The maximum absolute atomic E-state index is 11.1. The lowest BCUT2D eigenvalue weighted by Crippen LogP contribution is -1.93. The van der Waals surface area contributed by atoms with Gasteiger partial charge in [-0.25, -0.2) is 0 Å². The zero-order valence-corrected chi connectivity index (χ0v) is 11.4. The van der Waals surface area contributed by atoms with E-state index in [1.807, 2.05) is 29.6 Å². The molecule has 0 aliphatic carbocycles. The monoisotopic (exact) mass is 314 g/mol. The zero-order valence-electron chi connectivity index (χ0n) is 8.24. The van der Waals surface area contributed by atoms with E-state index >= 15 is 0 Å². The number of benzene rings is 1. The van der Waals surface area contributed by atoms with Crippen molar-refractivity contribution in [2.45, 2.75) is 6.42 Å². The molecule has 1 heterocycles. The normalized spacial score (nSPS) is 10.4. The molecular formula is C12H8BrClOS. The van der Waals surface area contributed by atoms with Gasteiger partial charge in [0.05, 0.1) is 0 Å². The van der Waals surface area contributed by atoms with Gasteiger partial charge >= 0.3 is 0 Å². The Labute approximate surface area is 111 Å². The fourth-order valence-electron chi connectivity index (χ4n) is 1.48. The molecule has 0 saturated heterocycles. The van der Waals surface area contributed by atoms with Gasteiger partial charge in [0.1, 0.15) is 0 Å². The van der Waals surface area contributed by atoms with Crippen LogP contribution in [0.2, 0.25) is 0 Å². The molecule has 82 valence electrons. The molecule has 0 amide bonds. The third-order valence-corrected chi connectivity index (χ3v) is 3.83. The number of rotatable bonds is 3. The van der Waals surface area contributed by atoms with Crippen LogP contribution in [0.3, 0.4) is 0 Å². The molecule has 0 atom stereocenters. The summed E-state index contributed by atoms with van der Waals surface area (Å²) in [4.78, 5) is 12.2. The van der Waals surface area contributed by atoms with Crippen LogP contribution in [0.4, 0.5) is 0 Å². The molecule has 0 fully saturated rings. The minimum atomic E-state index is -0.383. The van der Waals surface area contributed by atoms with Crippen LogP contribution in [0, 0.1) is 0 Å². The van der Waals surface area contributed by atoms with Gasteiger partial charge in [0.25, 0.3) is 5.24 Å². The summed E-state index contributed by atoms with van der Waals surface area (Å²) in [6.07, 6.45) is 0.741. The third-order valence-electron chi connectivity index (χ3n) is 2.21. The fourth-order valence-corrected chi connectivity index (χ4v) is 3.07. The van der Waals surface area contributed by atoms with Crippen LogP contribution in [0.15, 0.2) is 40.2 Å². The number of halogens is 2. The molecule has 1 aromatic carbocycles. The Morgan fingerprint density at radius 3 is 2.88 bits per heavy atom. The lowest BCUT2D eigenvalue weighted by Gasteiger charge is -2.01. The summed E-state index contributed by atoms with van der Waals surface area (Å²) in [6, 6.07) is 9.81. The van der Waals surface area contributed by atoms with E-state index in [0.717, 1.165) is 21.3 Å². The van der Waals surface area contributed by atoms with Crippen LogP contribution in [0.5, 0.6) is 0 Å². The van der Waals surface area contributed by atoms with Gasteiger partial charge in [0.15, 0.2) is 0 Å². The van der Waals surface area contributed by atoms with E-state index in [2.05, 4.69) is 15.9 Å². The minimum absolute atomic E-state index is 0.383. The van der Waals surface area contributed by atoms with Crippen LogP contribution in [-0.4, -0.2) is 5.24 Å². The molecule has 0 N–H and O–H groups in total. The number of hydrogen-bond acceptors (Lipinski definition) is 2. The first-order valence-corrected chi connectivity index (χ1v) is 6.72. The van der Waals surface area contributed by atoms with Gasteiger partial charge in [0.2, 0.25) is 0 Å². The highest BCUT2D eigenvalue weighted by Crippen LogP contribution is 2.23. The van der Waals surface area contributed by atoms with Crippen molar-refractivity contribution >= 4 is 44.1 Å². The molecule has 1 aromatic heterocycles. The molecule has 0 radical (unpaired) electrons. The Morgan fingerprint density at radius 2 is 2.19 bits per heavy atom. The Bertz CT molecular complexity index is 521. The maximum Gasteiger partial charge on any atom is 0.253 e. The summed E-state index contributed by atoms with van der Waals surface area (Å²) in [5.41, 5.74) is 1.78. The number of hydrogen-bond donors (Lipinski definition) is 0. The molecule has 0 bridgehead atoms. The van der Waals surface area contributed by atoms with Gasteiger partial charge in [-0.3, -0.25) is 4.79 Å². The highest BCUT2D eigenvalue weighted by Gasteiger charge is 2.10. The maximum atomic E-state index is 11.1. The number of thiophene rings is 1. The average molecular weight is 316 g/mol. The van der Waals surface area contributed by atoms with E-state index < -0.39 is 0 Å².